The fourth-order valence-corrected chi connectivity index (χ4v) is 3.05. The van der Waals surface area contributed by atoms with E-state index in [0.717, 1.165) is 31.6 Å². The number of hydrogen-bond acceptors (Lipinski definition) is 3. The van der Waals surface area contributed by atoms with E-state index in [1.54, 1.807) is 12.1 Å². The topological polar surface area (TPSA) is 52.6 Å². The molecule has 0 aliphatic carbocycles. The molecule has 0 saturated carbocycles. The monoisotopic (exact) mass is 246 g/mol. The number of hydrogen-bond donors (Lipinski definition) is 2. The van der Waals surface area contributed by atoms with Gasteiger partial charge in [-0.3, -0.25) is 4.79 Å². The van der Waals surface area contributed by atoms with Gasteiger partial charge in [0.2, 0.25) is 5.91 Å². The van der Waals surface area contributed by atoms with Crippen LogP contribution >= 0.6 is 0 Å². The van der Waals surface area contributed by atoms with E-state index in [-0.39, 0.29) is 11.7 Å². The van der Waals surface area contributed by atoms with E-state index in [4.69, 9.17) is 0 Å². The van der Waals surface area contributed by atoms with Gasteiger partial charge < -0.3 is 15.3 Å². The summed E-state index contributed by atoms with van der Waals surface area (Å²) >= 11 is 0. The number of phenols is 1. The molecule has 96 valence electrons. The molecule has 2 N–H and O–H groups in total. The molecule has 0 bridgehead atoms. The Kier molecular flexibility index (Phi) is 2.96. The SMILES string of the molecule is O=C(Cc1ccc(O)cc1)N1CC[C@H]2CNC[C@H]21. The summed E-state index contributed by atoms with van der Waals surface area (Å²) in [5.74, 6) is 1.10. The minimum absolute atomic E-state index is 0.205. The van der Waals surface area contributed by atoms with Gasteiger partial charge in [-0.05, 0) is 30.0 Å². The van der Waals surface area contributed by atoms with Gasteiger partial charge in [-0.1, -0.05) is 12.1 Å². The number of aromatic hydroxyl groups is 1. The molecule has 0 spiro atoms. The Labute approximate surface area is 107 Å². The quantitative estimate of drug-likeness (QED) is 0.810. The molecule has 1 aromatic rings. The summed E-state index contributed by atoms with van der Waals surface area (Å²) in [6, 6.07) is 7.29. The van der Waals surface area contributed by atoms with Gasteiger partial charge >= 0.3 is 0 Å². The summed E-state index contributed by atoms with van der Waals surface area (Å²) in [7, 11) is 0. The van der Waals surface area contributed by atoms with Gasteiger partial charge in [0.15, 0.2) is 0 Å². The summed E-state index contributed by atoms with van der Waals surface area (Å²) in [6.07, 6.45) is 1.56. The second-order valence-electron chi connectivity index (χ2n) is 5.20. The molecule has 18 heavy (non-hydrogen) atoms. The van der Waals surface area contributed by atoms with Crippen LogP contribution in [0.4, 0.5) is 0 Å². The Morgan fingerprint density at radius 1 is 1.33 bits per heavy atom. The standard InChI is InChI=1S/C14H18N2O2/c17-12-3-1-10(2-4-12)7-14(18)16-6-5-11-8-15-9-13(11)16/h1-4,11,13,15,17H,5-9H2/t11-,13+/m0/s1. The first-order valence-corrected chi connectivity index (χ1v) is 6.52. The molecular weight excluding hydrogens is 228 g/mol. The third kappa shape index (κ3) is 2.08. The van der Waals surface area contributed by atoms with Crippen LogP contribution in [-0.4, -0.2) is 41.6 Å². The lowest BCUT2D eigenvalue weighted by Crippen LogP contribution is -2.39. The van der Waals surface area contributed by atoms with Crippen molar-refractivity contribution in [2.75, 3.05) is 19.6 Å². The molecule has 2 saturated heterocycles. The Balaban J connectivity index is 1.66. The van der Waals surface area contributed by atoms with Gasteiger partial charge in [-0.15, -0.1) is 0 Å². The number of phenolic OH excluding ortho intramolecular Hbond substituents is 1. The highest BCUT2D eigenvalue weighted by Gasteiger charge is 2.39. The van der Waals surface area contributed by atoms with Gasteiger partial charge in [-0.2, -0.15) is 0 Å². The molecule has 3 rings (SSSR count). The van der Waals surface area contributed by atoms with E-state index < -0.39 is 0 Å². The van der Waals surface area contributed by atoms with Crippen molar-refractivity contribution in [1.29, 1.82) is 0 Å². The molecule has 4 nitrogen and oxygen atoms in total. The highest BCUT2D eigenvalue weighted by atomic mass is 16.3. The molecule has 1 aromatic carbocycles. The van der Waals surface area contributed by atoms with Crippen molar-refractivity contribution in [3.05, 3.63) is 29.8 Å². The van der Waals surface area contributed by atoms with Crippen LogP contribution in [0.3, 0.4) is 0 Å². The van der Waals surface area contributed by atoms with Crippen LogP contribution < -0.4 is 5.32 Å². The van der Waals surface area contributed by atoms with Crippen LogP contribution in [0.15, 0.2) is 24.3 Å². The largest absolute Gasteiger partial charge is 0.508 e. The highest BCUT2D eigenvalue weighted by molar-refractivity contribution is 5.79. The molecule has 2 aliphatic heterocycles. The second-order valence-corrected chi connectivity index (χ2v) is 5.20. The number of fused-ring (bicyclic) bond motifs is 1. The van der Waals surface area contributed by atoms with Crippen molar-refractivity contribution >= 4 is 5.91 Å². The second kappa shape index (κ2) is 4.61. The third-order valence-electron chi connectivity index (χ3n) is 4.06. The summed E-state index contributed by atoms with van der Waals surface area (Å²) in [4.78, 5) is 14.3. The fourth-order valence-electron chi connectivity index (χ4n) is 3.05. The van der Waals surface area contributed by atoms with Crippen molar-refractivity contribution < 1.29 is 9.90 Å². The van der Waals surface area contributed by atoms with E-state index >= 15 is 0 Å². The van der Waals surface area contributed by atoms with Gasteiger partial charge in [0.25, 0.3) is 0 Å². The lowest BCUT2D eigenvalue weighted by molar-refractivity contribution is -0.131. The van der Waals surface area contributed by atoms with E-state index in [1.807, 2.05) is 17.0 Å². The van der Waals surface area contributed by atoms with Crippen LogP contribution in [0.5, 0.6) is 5.75 Å². The average Bonchev–Trinajstić information content (AvgIpc) is 2.93. The molecule has 2 heterocycles. The van der Waals surface area contributed by atoms with E-state index in [1.165, 1.54) is 0 Å². The molecule has 4 heteroatoms. The lowest BCUT2D eigenvalue weighted by Gasteiger charge is -2.23. The number of amides is 1. The zero-order valence-electron chi connectivity index (χ0n) is 10.3. The Morgan fingerprint density at radius 3 is 2.89 bits per heavy atom. The number of carbonyl (C=O) groups excluding carboxylic acids is 1. The first-order valence-electron chi connectivity index (χ1n) is 6.52. The maximum absolute atomic E-state index is 12.3. The first-order chi connectivity index (χ1) is 8.74. The van der Waals surface area contributed by atoms with Crippen LogP contribution in [0, 0.1) is 5.92 Å². The Hall–Kier alpha value is -1.55. The van der Waals surface area contributed by atoms with Gasteiger partial charge in [0.1, 0.15) is 5.75 Å². The third-order valence-corrected chi connectivity index (χ3v) is 4.06. The molecule has 0 aromatic heterocycles. The number of carbonyl (C=O) groups is 1. The van der Waals surface area contributed by atoms with E-state index in [9.17, 15) is 9.90 Å². The molecule has 0 radical (unpaired) electrons. The zero-order chi connectivity index (χ0) is 12.5. The van der Waals surface area contributed by atoms with Gasteiger partial charge in [-0.25, -0.2) is 0 Å². The first kappa shape index (κ1) is 11.5. The maximum atomic E-state index is 12.3. The predicted molar refractivity (Wildman–Crippen MR) is 68.3 cm³/mol. The summed E-state index contributed by atoms with van der Waals surface area (Å²) in [5.41, 5.74) is 0.965. The summed E-state index contributed by atoms with van der Waals surface area (Å²) < 4.78 is 0. The van der Waals surface area contributed by atoms with Crippen molar-refractivity contribution in [3.63, 3.8) is 0 Å². The number of benzene rings is 1. The Morgan fingerprint density at radius 2 is 2.11 bits per heavy atom. The number of rotatable bonds is 2. The average molecular weight is 246 g/mol. The number of nitrogens with zero attached hydrogens (tertiary/aromatic N) is 1. The minimum Gasteiger partial charge on any atom is -0.508 e. The molecular formula is C14H18N2O2. The van der Waals surface area contributed by atoms with Crippen LogP contribution in [0.1, 0.15) is 12.0 Å². The molecule has 2 atom stereocenters. The molecule has 2 fully saturated rings. The number of likely N-dealkylation sites (tertiary alicyclic amines) is 1. The highest BCUT2D eigenvalue weighted by Crippen LogP contribution is 2.27. The summed E-state index contributed by atoms with van der Waals surface area (Å²) in [6.45, 7) is 2.88. The van der Waals surface area contributed by atoms with Gasteiger partial charge in [0.05, 0.1) is 6.42 Å². The van der Waals surface area contributed by atoms with Crippen molar-refractivity contribution in [3.8, 4) is 5.75 Å². The molecule has 0 unspecified atom stereocenters. The minimum atomic E-state index is 0.205. The Bertz CT molecular complexity index is 444. The maximum Gasteiger partial charge on any atom is 0.227 e. The van der Waals surface area contributed by atoms with Gasteiger partial charge in [0, 0.05) is 25.7 Å². The molecule has 2 aliphatic rings. The zero-order valence-corrected chi connectivity index (χ0v) is 10.3. The van der Waals surface area contributed by atoms with Crippen molar-refractivity contribution in [2.45, 2.75) is 18.9 Å². The van der Waals surface area contributed by atoms with Crippen LogP contribution in [-0.2, 0) is 11.2 Å². The van der Waals surface area contributed by atoms with Crippen LogP contribution in [0.25, 0.3) is 0 Å². The fraction of sp³-hybridized carbons (Fsp3) is 0.500. The molecule has 1 amide bonds. The predicted octanol–water partition coefficient (Wildman–Crippen LogP) is 0.755. The lowest BCUT2D eigenvalue weighted by atomic mass is 10.0. The van der Waals surface area contributed by atoms with Crippen molar-refractivity contribution in [2.24, 2.45) is 5.92 Å². The number of nitrogens with one attached hydrogen (secondary N) is 1. The van der Waals surface area contributed by atoms with E-state index in [2.05, 4.69) is 5.32 Å². The van der Waals surface area contributed by atoms with Crippen LogP contribution in [0.2, 0.25) is 0 Å². The normalized spacial score (nSPS) is 26.3. The summed E-state index contributed by atoms with van der Waals surface area (Å²) in [5, 5.41) is 12.6. The van der Waals surface area contributed by atoms with E-state index in [0.29, 0.717) is 18.4 Å². The smallest absolute Gasteiger partial charge is 0.227 e. The van der Waals surface area contributed by atoms with Crippen molar-refractivity contribution in [1.82, 2.24) is 10.2 Å².